The minimum atomic E-state index is -0.550. The van der Waals surface area contributed by atoms with Crippen molar-refractivity contribution in [3.05, 3.63) is 119 Å². The van der Waals surface area contributed by atoms with Gasteiger partial charge in [0.15, 0.2) is 0 Å². The molecule has 1 aromatic heterocycles. The van der Waals surface area contributed by atoms with Crippen LogP contribution in [0.1, 0.15) is 35.6 Å². The standard InChI is InChI=1S/C31H28FN3O3/c1-3-28(34(18-19-38-2)30(36)23-13-12-21-8-4-5-9-22(21)20-23)29-33-27-11-7-6-10-26(27)31(37)35(29)25-16-14-24(32)15-17-25/h4-17,20,28H,3,18-19H2,1-2H3. The van der Waals surface area contributed by atoms with E-state index in [1.807, 2.05) is 55.5 Å². The van der Waals surface area contributed by atoms with Crippen LogP contribution < -0.4 is 5.56 Å². The lowest BCUT2D eigenvalue weighted by Gasteiger charge is -2.32. The molecule has 0 aliphatic heterocycles. The lowest BCUT2D eigenvalue weighted by atomic mass is 10.0. The summed E-state index contributed by atoms with van der Waals surface area (Å²) in [6, 6.07) is 25.8. The molecule has 0 aliphatic rings. The summed E-state index contributed by atoms with van der Waals surface area (Å²) in [4.78, 5) is 34.4. The highest BCUT2D eigenvalue weighted by molar-refractivity contribution is 5.98. The first-order chi connectivity index (χ1) is 18.5. The molecule has 0 saturated carbocycles. The smallest absolute Gasteiger partial charge is 0.266 e. The third kappa shape index (κ3) is 4.80. The predicted molar refractivity (Wildman–Crippen MR) is 147 cm³/mol. The Labute approximate surface area is 219 Å². The number of ether oxygens (including phenoxy) is 1. The second-order valence-corrected chi connectivity index (χ2v) is 9.08. The molecule has 7 heteroatoms. The topological polar surface area (TPSA) is 64.4 Å². The molecule has 0 bridgehead atoms. The molecule has 0 fully saturated rings. The van der Waals surface area contributed by atoms with Crippen molar-refractivity contribution in [3.8, 4) is 5.69 Å². The lowest BCUT2D eigenvalue weighted by molar-refractivity contribution is 0.0579. The first kappa shape index (κ1) is 25.3. The molecule has 6 nitrogen and oxygen atoms in total. The number of aromatic nitrogens is 2. The van der Waals surface area contributed by atoms with Gasteiger partial charge < -0.3 is 9.64 Å². The summed E-state index contributed by atoms with van der Waals surface area (Å²) in [6.07, 6.45) is 0.495. The molecule has 1 heterocycles. The van der Waals surface area contributed by atoms with Gasteiger partial charge in [0.25, 0.3) is 11.5 Å². The van der Waals surface area contributed by atoms with Crippen LogP contribution in [-0.4, -0.2) is 40.6 Å². The monoisotopic (exact) mass is 509 g/mol. The van der Waals surface area contributed by atoms with Crippen molar-refractivity contribution in [3.63, 3.8) is 0 Å². The number of fused-ring (bicyclic) bond motifs is 2. The fraction of sp³-hybridized carbons (Fsp3) is 0.194. The summed E-state index contributed by atoms with van der Waals surface area (Å²) in [7, 11) is 1.59. The van der Waals surface area contributed by atoms with E-state index in [-0.39, 0.29) is 11.5 Å². The SMILES string of the molecule is CCC(c1nc2ccccc2c(=O)n1-c1ccc(F)cc1)N(CCOC)C(=O)c1ccc2ccccc2c1. The number of benzene rings is 4. The molecule has 5 aromatic rings. The van der Waals surface area contributed by atoms with E-state index in [2.05, 4.69) is 0 Å². The maximum Gasteiger partial charge on any atom is 0.266 e. The molecule has 1 amide bonds. The van der Waals surface area contributed by atoms with Gasteiger partial charge in [-0.1, -0.05) is 49.4 Å². The van der Waals surface area contributed by atoms with Gasteiger partial charge in [-0.25, -0.2) is 9.37 Å². The molecule has 0 spiro atoms. The number of hydrogen-bond acceptors (Lipinski definition) is 4. The highest BCUT2D eigenvalue weighted by Crippen LogP contribution is 2.28. The third-order valence-electron chi connectivity index (χ3n) is 6.74. The summed E-state index contributed by atoms with van der Waals surface area (Å²) in [5.41, 5.74) is 1.28. The zero-order chi connectivity index (χ0) is 26.6. The molecule has 192 valence electrons. The summed E-state index contributed by atoms with van der Waals surface area (Å²) < 4.78 is 20.6. The second kappa shape index (κ2) is 10.9. The van der Waals surface area contributed by atoms with Crippen molar-refractivity contribution in [2.45, 2.75) is 19.4 Å². The van der Waals surface area contributed by atoms with Crippen molar-refractivity contribution >= 4 is 27.6 Å². The van der Waals surface area contributed by atoms with Gasteiger partial charge in [0.1, 0.15) is 11.6 Å². The molecule has 4 aromatic carbocycles. The van der Waals surface area contributed by atoms with Crippen LogP contribution in [0.2, 0.25) is 0 Å². The molecular weight excluding hydrogens is 481 g/mol. The van der Waals surface area contributed by atoms with Gasteiger partial charge in [0.2, 0.25) is 0 Å². The highest BCUT2D eigenvalue weighted by Gasteiger charge is 2.29. The van der Waals surface area contributed by atoms with Gasteiger partial charge in [-0.15, -0.1) is 0 Å². The van der Waals surface area contributed by atoms with Crippen molar-refractivity contribution in [2.75, 3.05) is 20.3 Å². The average Bonchev–Trinajstić information content (AvgIpc) is 2.95. The Kier molecular flexibility index (Phi) is 7.29. The Morgan fingerprint density at radius 2 is 1.68 bits per heavy atom. The number of rotatable bonds is 8. The lowest BCUT2D eigenvalue weighted by Crippen LogP contribution is -2.40. The van der Waals surface area contributed by atoms with Crippen LogP contribution in [0.25, 0.3) is 27.4 Å². The van der Waals surface area contributed by atoms with Crippen LogP contribution in [0.15, 0.2) is 95.8 Å². The number of methoxy groups -OCH3 is 1. The zero-order valence-electron chi connectivity index (χ0n) is 21.3. The Morgan fingerprint density at radius 3 is 2.42 bits per heavy atom. The Hall–Kier alpha value is -4.36. The van der Waals surface area contributed by atoms with Gasteiger partial charge >= 0.3 is 0 Å². The molecule has 0 N–H and O–H groups in total. The van der Waals surface area contributed by atoms with Crippen LogP contribution in [-0.2, 0) is 4.74 Å². The maximum absolute atomic E-state index is 14.0. The molecule has 0 saturated heterocycles. The van der Waals surface area contributed by atoms with E-state index >= 15 is 0 Å². The van der Waals surface area contributed by atoms with E-state index < -0.39 is 11.9 Å². The molecule has 1 atom stereocenters. The number of hydrogen-bond donors (Lipinski definition) is 0. The van der Waals surface area contributed by atoms with Crippen molar-refractivity contribution < 1.29 is 13.9 Å². The first-order valence-electron chi connectivity index (χ1n) is 12.6. The fourth-order valence-electron chi connectivity index (χ4n) is 4.83. The predicted octanol–water partition coefficient (Wildman–Crippen LogP) is 5.92. The van der Waals surface area contributed by atoms with E-state index in [9.17, 15) is 14.0 Å². The molecule has 0 radical (unpaired) electrons. The van der Waals surface area contributed by atoms with Crippen LogP contribution >= 0.6 is 0 Å². The van der Waals surface area contributed by atoms with Gasteiger partial charge in [-0.3, -0.25) is 14.2 Å². The summed E-state index contributed by atoms with van der Waals surface area (Å²) in [5, 5.41) is 2.45. The van der Waals surface area contributed by atoms with E-state index in [0.717, 1.165) is 10.8 Å². The second-order valence-electron chi connectivity index (χ2n) is 9.08. The highest BCUT2D eigenvalue weighted by atomic mass is 19.1. The third-order valence-corrected chi connectivity index (χ3v) is 6.74. The Balaban J connectivity index is 1.69. The number of nitrogens with zero attached hydrogens (tertiary/aromatic N) is 3. The molecule has 1 unspecified atom stereocenters. The minimum absolute atomic E-state index is 0.187. The van der Waals surface area contributed by atoms with E-state index in [1.54, 1.807) is 42.3 Å². The van der Waals surface area contributed by atoms with E-state index in [4.69, 9.17) is 9.72 Å². The van der Waals surface area contributed by atoms with E-state index in [0.29, 0.717) is 47.6 Å². The quantitative estimate of drug-likeness (QED) is 0.261. The van der Waals surface area contributed by atoms with Crippen molar-refractivity contribution in [1.82, 2.24) is 14.5 Å². The summed E-state index contributed by atoms with van der Waals surface area (Å²) >= 11 is 0. The zero-order valence-corrected chi connectivity index (χ0v) is 21.3. The number of halogens is 1. The van der Waals surface area contributed by atoms with Crippen LogP contribution in [0.3, 0.4) is 0 Å². The Morgan fingerprint density at radius 1 is 0.974 bits per heavy atom. The van der Waals surface area contributed by atoms with Crippen LogP contribution in [0.4, 0.5) is 4.39 Å². The largest absolute Gasteiger partial charge is 0.383 e. The minimum Gasteiger partial charge on any atom is -0.383 e. The van der Waals surface area contributed by atoms with Gasteiger partial charge in [0, 0.05) is 19.2 Å². The van der Waals surface area contributed by atoms with Crippen LogP contribution in [0, 0.1) is 5.82 Å². The first-order valence-corrected chi connectivity index (χ1v) is 12.6. The van der Waals surface area contributed by atoms with Gasteiger partial charge in [-0.2, -0.15) is 0 Å². The number of para-hydroxylation sites is 1. The average molecular weight is 510 g/mol. The summed E-state index contributed by atoms with van der Waals surface area (Å²) in [5.74, 6) is -0.182. The van der Waals surface area contributed by atoms with Crippen molar-refractivity contribution in [2.24, 2.45) is 0 Å². The molecular formula is C31H28FN3O3. The Bertz CT molecular complexity index is 1660. The number of carbonyl (C=O) groups excluding carboxylic acids is 1. The van der Waals surface area contributed by atoms with E-state index in [1.165, 1.54) is 16.7 Å². The molecule has 38 heavy (non-hydrogen) atoms. The maximum atomic E-state index is 14.0. The normalized spacial score (nSPS) is 12.1. The number of carbonyl (C=O) groups is 1. The molecule has 5 rings (SSSR count). The number of amides is 1. The molecule has 0 aliphatic carbocycles. The van der Waals surface area contributed by atoms with Crippen molar-refractivity contribution in [1.29, 1.82) is 0 Å². The van der Waals surface area contributed by atoms with Crippen LogP contribution in [0.5, 0.6) is 0 Å². The van der Waals surface area contributed by atoms with Gasteiger partial charge in [0.05, 0.1) is 29.2 Å². The fourth-order valence-corrected chi connectivity index (χ4v) is 4.83. The van der Waals surface area contributed by atoms with Gasteiger partial charge in [-0.05, 0) is 65.7 Å². The summed E-state index contributed by atoms with van der Waals surface area (Å²) in [6.45, 7) is 2.56.